The Morgan fingerprint density at radius 1 is 0.423 bits per heavy atom. The van der Waals surface area contributed by atoms with E-state index >= 15 is 0 Å². The predicted octanol–water partition coefficient (Wildman–Crippen LogP) is 12.0. The molecule has 7 aromatic carbocycles. The molecule has 0 bridgehead atoms. The first-order valence-corrected chi connectivity index (χ1v) is 17.4. The van der Waals surface area contributed by atoms with Gasteiger partial charge in [0, 0.05) is 38.7 Å². The van der Waals surface area contributed by atoms with Crippen LogP contribution >= 0.6 is 0 Å². The molecule has 5 nitrogen and oxygen atoms in total. The number of rotatable bonds is 6. The van der Waals surface area contributed by atoms with E-state index in [1.165, 1.54) is 5.56 Å². The molecule has 0 atom stereocenters. The fourth-order valence-electron chi connectivity index (χ4n) is 7.15. The SMILES string of the molecule is c1ccc(-c2ccc(-c3cc(-c4ccccc4)nc(-c4cccc5oc6ccc(-c7nc8ccccc8n7-c7ccccc7)cc6c45)n3)cc2)cc1. The fraction of sp³-hybridized carbons (Fsp3) is 0. The molecule has 10 aromatic rings. The summed E-state index contributed by atoms with van der Waals surface area (Å²) in [5, 5.41) is 1.95. The molecule has 244 valence electrons. The molecule has 52 heavy (non-hydrogen) atoms. The third-order valence-electron chi connectivity index (χ3n) is 9.65. The van der Waals surface area contributed by atoms with Crippen molar-refractivity contribution in [2.45, 2.75) is 0 Å². The van der Waals surface area contributed by atoms with Crippen LogP contribution in [0.3, 0.4) is 0 Å². The first-order chi connectivity index (χ1) is 25.8. The molecule has 0 unspecified atom stereocenters. The van der Waals surface area contributed by atoms with E-state index in [0.717, 1.165) is 83.7 Å². The van der Waals surface area contributed by atoms with Gasteiger partial charge in [0.25, 0.3) is 0 Å². The summed E-state index contributed by atoms with van der Waals surface area (Å²) in [4.78, 5) is 15.6. The Bertz CT molecular complexity index is 2880. The number of nitrogens with zero attached hydrogens (tertiary/aromatic N) is 4. The van der Waals surface area contributed by atoms with E-state index in [1.807, 2.05) is 54.6 Å². The number of aromatic nitrogens is 4. The van der Waals surface area contributed by atoms with Gasteiger partial charge >= 0.3 is 0 Å². The lowest BCUT2D eigenvalue weighted by molar-refractivity contribution is 0.669. The van der Waals surface area contributed by atoms with Gasteiger partial charge in [-0.3, -0.25) is 4.57 Å². The van der Waals surface area contributed by atoms with Crippen molar-refractivity contribution in [2.24, 2.45) is 0 Å². The standard InChI is InChI=1S/C47H30N4O/c1-4-13-31(14-5-1)32-23-25-34(26-24-32)41-30-40(33-15-6-2-7-16-33)48-46(49-41)37-19-12-22-44-45(37)38-29-35(27-28-43(38)52-44)47-50-39-20-10-11-21-42(39)51(47)36-17-8-3-9-18-36/h1-30H. The molecule has 0 radical (unpaired) electrons. The molecule has 0 amide bonds. The zero-order chi connectivity index (χ0) is 34.4. The first kappa shape index (κ1) is 29.8. The normalized spacial score (nSPS) is 11.5. The lowest BCUT2D eigenvalue weighted by atomic mass is 10.0. The van der Waals surface area contributed by atoms with Crippen molar-refractivity contribution in [1.82, 2.24) is 19.5 Å². The van der Waals surface area contributed by atoms with Gasteiger partial charge in [0.05, 0.1) is 22.4 Å². The van der Waals surface area contributed by atoms with E-state index in [4.69, 9.17) is 19.4 Å². The highest BCUT2D eigenvalue weighted by molar-refractivity contribution is 6.12. The first-order valence-electron chi connectivity index (χ1n) is 17.4. The van der Waals surface area contributed by atoms with Gasteiger partial charge in [-0.05, 0) is 65.7 Å². The van der Waals surface area contributed by atoms with Gasteiger partial charge in [0.1, 0.15) is 17.0 Å². The van der Waals surface area contributed by atoms with Crippen molar-refractivity contribution < 1.29 is 4.42 Å². The summed E-state index contributed by atoms with van der Waals surface area (Å²) in [6.07, 6.45) is 0. The average molecular weight is 667 g/mol. The Morgan fingerprint density at radius 3 is 1.77 bits per heavy atom. The largest absolute Gasteiger partial charge is 0.456 e. The van der Waals surface area contributed by atoms with Gasteiger partial charge in [-0.1, -0.05) is 127 Å². The van der Waals surface area contributed by atoms with Crippen LogP contribution in [0.5, 0.6) is 0 Å². The molecule has 0 aliphatic carbocycles. The van der Waals surface area contributed by atoms with Crippen molar-refractivity contribution in [1.29, 1.82) is 0 Å². The summed E-state index contributed by atoms with van der Waals surface area (Å²) in [6.45, 7) is 0. The van der Waals surface area contributed by atoms with Crippen molar-refractivity contribution in [2.75, 3.05) is 0 Å². The highest BCUT2D eigenvalue weighted by Gasteiger charge is 2.20. The number of benzene rings is 7. The van der Waals surface area contributed by atoms with Crippen LogP contribution in [0.1, 0.15) is 0 Å². The van der Waals surface area contributed by atoms with E-state index in [2.05, 4.69) is 132 Å². The van der Waals surface area contributed by atoms with Crippen LogP contribution in [0.2, 0.25) is 0 Å². The maximum atomic E-state index is 6.48. The fourth-order valence-corrected chi connectivity index (χ4v) is 7.15. The van der Waals surface area contributed by atoms with Crippen molar-refractivity contribution >= 4 is 33.0 Å². The van der Waals surface area contributed by atoms with Crippen molar-refractivity contribution in [3.63, 3.8) is 0 Å². The van der Waals surface area contributed by atoms with Gasteiger partial charge in [0.15, 0.2) is 5.82 Å². The topological polar surface area (TPSA) is 56.7 Å². The van der Waals surface area contributed by atoms with Crippen molar-refractivity contribution in [3.8, 4) is 62.1 Å². The van der Waals surface area contributed by atoms with Crippen LogP contribution in [0.25, 0.3) is 95.1 Å². The summed E-state index contributed by atoms with van der Waals surface area (Å²) in [7, 11) is 0. The van der Waals surface area contributed by atoms with Crippen LogP contribution in [0.4, 0.5) is 0 Å². The van der Waals surface area contributed by atoms with Gasteiger partial charge in [-0.2, -0.15) is 0 Å². The Labute approximate surface area is 300 Å². The number of furan rings is 1. The Kier molecular flexibility index (Phi) is 7.07. The predicted molar refractivity (Wildman–Crippen MR) is 211 cm³/mol. The second-order valence-corrected chi connectivity index (χ2v) is 12.9. The maximum Gasteiger partial charge on any atom is 0.161 e. The van der Waals surface area contributed by atoms with Crippen molar-refractivity contribution in [3.05, 3.63) is 182 Å². The monoisotopic (exact) mass is 666 g/mol. The smallest absolute Gasteiger partial charge is 0.161 e. The van der Waals surface area contributed by atoms with Gasteiger partial charge in [-0.25, -0.2) is 15.0 Å². The molecule has 10 rings (SSSR count). The molecule has 0 aliphatic heterocycles. The minimum atomic E-state index is 0.638. The Hall–Kier alpha value is -7.11. The summed E-state index contributed by atoms with van der Waals surface area (Å²) in [6, 6.07) is 62.5. The van der Waals surface area contributed by atoms with Crippen LogP contribution in [-0.2, 0) is 0 Å². The lowest BCUT2D eigenvalue weighted by Crippen LogP contribution is -1.97. The number of hydrogen-bond donors (Lipinski definition) is 0. The maximum absolute atomic E-state index is 6.48. The molecule has 5 heteroatoms. The molecule has 0 aliphatic rings. The number of hydrogen-bond acceptors (Lipinski definition) is 4. The summed E-state index contributed by atoms with van der Waals surface area (Å²) < 4.78 is 8.71. The molecule has 0 saturated carbocycles. The molecule has 3 aromatic heterocycles. The second kappa shape index (κ2) is 12.3. The molecule has 0 fully saturated rings. The van der Waals surface area contributed by atoms with Crippen LogP contribution in [0, 0.1) is 0 Å². The minimum absolute atomic E-state index is 0.638. The quantitative estimate of drug-likeness (QED) is 0.177. The van der Waals surface area contributed by atoms with Gasteiger partial charge in [0.2, 0.25) is 0 Å². The highest BCUT2D eigenvalue weighted by Crippen LogP contribution is 2.39. The zero-order valence-corrected chi connectivity index (χ0v) is 28.0. The molecule has 0 saturated heterocycles. The third-order valence-corrected chi connectivity index (χ3v) is 9.65. The van der Waals surface area contributed by atoms with Crippen LogP contribution < -0.4 is 0 Å². The molecular formula is C47H30N4O. The lowest BCUT2D eigenvalue weighted by Gasteiger charge is -2.11. The highest BCUT2D eigenvalue weighted by atomic mass is 16.3. The van der Waals surface area contributed by atoms with Gasteiger partial charge in [-0.15, -0.1) is 0 Å². The Balaban J connectivity index is 1.16. The zero-order valence-electron chi connectivity index (χ0n) is 28.0. The average Bonchev–Trinajstić information content (AvgIpc) is 3.80. The van der Waals surface area contributed by atoms with Gasteiger partial charge < -0.3 is 4.42 Å². The molecule has 0 spiro atoms. The number of fused-ring (bicyclic) bond motifs is 4. The van der Waals surface area contributed by atoms with Crippen LogP contribution in [-0.4, -0.2) is 19.5 Å². The van der Waals surface area contributed by atoms with Crippen LogP contribution in [0.15, 0.2) is 186 Å². The third kappa shape index (κ3) is 5.15. The number of para-hydroxylation sites is 3. The van der Waals surface area contributed by atoms with E-state index in [-0.39, 0.29) is 0 Å². The summed E-state index contributed by atoms with van der Waals surface area (Å²) in [5.41, 5.74) is 12.6. The summed E-state index contributed by atoms with van der Waals surface area (Å²) >= 11 is 0. The van der Waals surface area contributed by atoms with E-state index in [1.54, 1.807) is 0 Å². The van der Waals surface area contributed by atoms with E-state index in [0.29, 0.717) is 5.82 Å². The summed E-state index contributed by atoms with van der Waals surface area (Å²) in [5.74, 6) is 1.50. The molecule has 0 N–H and O–H groups in total. The Morgan fingerprint density at radius 2 is 1.02 bits per heavy atom. The second-order valence-electron chi connectivity index (χ2n) is 12.9. The van der Waals surface area contributed by atoms with E-state index in [9.17, 15) is 0 Å². The number of imidazole rings is 1. The molecular weight excluding hydrogens is 637 g/mol. The molecule has 3 heterocycles. The minimum Gasteiger partial charge on any atom is -0.456 e. The van der Waals surface area contributed by atoms with E-state index < -0.39 is 0 Å².